The first-order chi connectivity index (χ1) is 18.9. The molecule has 4 heteroatoms. The molecule has 0 N–H and O–H groups in total. The molecule has 3 nitrogen and oxygen atoms in total. The molecule has 11 rings (SSSR count). The summed E-state index contributed by atoms with van der Waals surface area (Å²) in [7, 11) is 0. The van der Waals surface area contributed by atoms with Crippen LogP contribution in [-0.2, 0) is 0 Å². The first kappa shape index (κ1) is 19.4. The van der Waals surface area contributed by atoms with Gasteiger partial charge in [0.2, 0.25) is 6.71 Å². The van der Waals surface area contributed by atoms with Crippen LogP contribution in [0, 0.1) is 0 Å². The van der Waals surface area contributed by atoms with Crippen molar-refractivity contribution < 1.29 is 8.83 Å². The Morgan fingerprint density at radius 3 is 1.58 bits per heavy atom. The van der Waals surface area contributed by atoms with Gasteiger partial charge in [-0.25, -0.2) is 0 Å². The van der Waals surface area contributed by atoms with Crippen LogP contribution in [0.3, 0.4) is 0 Å². The second-order valence-corrected chi connectivity index (χ2v) is 10.4. The van der Waals surface area contributed by atoms with E-state index >= 15 is 0 Å². The third-order valence-corrected chi connectivity index (χ3v) is 8.93. The zero-order chi connectivity index (χ0) is 24.9. The normalized spacial score (nSPS) is 13.9. The molecule has 6 aromatic carbocycles. The summed E-state index contributed by atoms with van der Waals surface area (Å²) in [4.78, 5) is 2.46. The minimum absolute atomic E-state index is 0.153. The summed E-state index contributed by atoms with van der Waals surface area (Å²) in [6, 6.07) is 30.8. The summed E-state index contributed by atoms with van der Waals surface area (Å²) >= 11 is 0. The molecule has 2 aromatic heterocycles. The molecule has 38 heavy (non-hydrogen) atoms. The molecule has 176 valence electrons. The maximum atomic E-state index is 6.52. The fraction of sp³-hybridized carbons (Fsp3) is 0.0588. The molecule has 0 saturated carbocycles. The highest BCUT2D eigenvalue weighted by Crippen LogP contribution is 2.48. The minimum Gasteiger partial charge on any atom is -0.456 e. The van der Waals surface area contributed by atoms with E-state index in [1.54, 1.807) is 0 Å². The quantitative estimate of drug-likeness (QED) is 0.223. The number of rotatable bonds is 1. The van der Waals surface area contributed by atoms with Crippen LogP contribution < -0.4 is 21.3 Å². The smallest absolute Gasteiger partial charge is 0.250 e. The van der Waals surface area contributed by atoms with Crippen LogP contribution in [0.25, 0.3) is 65.4 Å². The van der Waals surface area contributed by atoms with Crippen molar-refractivity contribution in [3.63, 3.8) is 0 Å². The average Bonchev–Trinajstić information content (AvgIpc) is 3.55. The molecule has 0 amide bonds. The molecule has 0 spiro atoms. The maximum absolute atomic E-state index is 6.52. The van der Waals surface area contributed by atoms with Gasteiger partial charge < -0.3 is 13.7 Å². The van der Waals surface area contributed by atoms with Crippen molar-refractivity contribution in [2.24, 2.45) is 0 Å². The summed E-state index contributed by atoms with van der Waals surface area (Å²) in [6.45, 7) is 4.15. The highest BCUT2D eigenvalue weighted by molar-refractivity contribution is 7.05. The minimum atomic E-state index is 0.153. The van der Waals surface area contributed by atoms with Crippen LogP contribution in [0.1, 0.15) is 13.8 Å². The molecule has 3 aliphatic heterocycles. The van der Waals surface area contributed by atoms with Gasteiger partial charge in [-0.1, -0.05) is 56.3 Å². The molecule has 0 unspecified atom stereocenters. The van der Waals surface area contributed by atoms with E-state index in [4.69, 9.17) is 8.83 Å². The van der Waals surface area contributed by atoms with Crippen LogP contribution in [-0.4, -0.2) is 6.71 Å². The number of anilines is 3. The average molecular weight is 485 g/mol. The van der Waals surface area contributed by atoms with Crippen molar-refractivity contribution in [3.8, 4) is 0 Å². The van der Waals surface area contributed by atoms with Gasteiger partial charge in [0.15, 0.2) is 0 Å². The Bertz CT molecular complexity index is 2230. The number of nitrogens with zero attached hydrogens (tertiary/aromatic N) is 1. The van der Waals surface area contributed by atoms with Gasteiger partial charge in [-0.3, -0.25) is 0 Å². The Morgan fingerprint density at radius 1 is 0.500 bits per heavy atom. The van der Waals surface area contributed by atoms with Gasteiger partial charge in [0, 0.05) is 44.7 Å². The maximum Gasteiger partial charge on any atom is 0.250 e. The van der Waals surface area contributed by atoms with E-state index in [0.717, 1.165) is 22.3 Å². The van der Waals surface area contributed by atoms with E-state index in [9.17, 15) is 0 Å². The Labute approximate surface area is 217 Å². The van der Waals surface area contributed by atoms with Gasteiger partial charge in [-0.05, 0) is 74.3 Å². The number of hydrogen-bond acceptors (Lipinski definition) is 3. The zero-order valence-electron chi connectivity index (χ0n) is 20.9. The summed E-state index contributed by atoms with van der Waals surface area (Å²) < 4.78 is 13.0. The predicted octanol–water partition coefficient (Wildman–Crippen LogP) is 7.74. The van der Waals surface area contributed by atoms with Gasteiger partial charge in [0.05, 0.1) is 0 Å². The predicted molar refractivity (Wildman–Crippen MR) is 160 cm³/mol. The fourth-order valence-electron chi connectivity index (χ4n) is 7.75. The van der Waals surface area contributed by atoms with Gasteiger partial charge >= 0.3 is 0 Å². The van der Waals surface area contributed by atoms with Crippen molar-refractivity contribution >= 4 is 106 Å². The topological polar surface area (TPSA) is 29.5 Å². The summed E-state index contributed by atoms with van der Waals surface area (Å²) in [5.74, 6) is 0. The Hall–Kier alpha value is -4.70. The van der Waals surface area contributed by atoms with E-state index in [0.29, 0.717) is 0 Å². The van der Waals surface area contributed by atoms with Crippen molar-refractivity contribution in [3.05, 3.63) is 84.9 Å². The highest BCUT2D eigenvalue weighted by atomic mass is 16.3. The summed E-state index contributed by atoms with van der Waals surface area (Å²) in [6.07, 6.45) is 0. The third kappa shape index (κ3) is 1.89. The van der Waals surface area contributed by atoms with E-state index < -0.39 is 0 Å². The molecular weight excluding hydrogens is 465 g/mol. The van der Waals surface area contributed by atoms with Gasteiger partial charge in [-0.2, -0.15) is 0 Å². The Morgan fingerprint density at radius 2 is 1.03 bits per heavy atom. The van der Waals surface area contributed by atoms with Crippen molar-refractivity contribution in [1.82, 2.24) is 0 Å². The number of furan rings is 2. The molecule has 0 fully saturated rings. The van der Waals surface area contributed by atoms with Crippen molar-refractivity contribution in [2.45, 2.75) is 13.8 Å². The lowest BCUT2D eigenvalue weighted by Gasteiger charge is -2.41. The molecule has 3 aliphatic rings. The van der Waals surface area contributed by atoms with E-state index in [-0.39, 0.29) is 6.71 Å². The molecule has 0 bridgehead atoms. The second-order valence-electron chi connectivity index (χ2n) is 10.4. The number of para-hydroxylation sites is 1. The number of benzene rings is 6. The summed E-state index contributed by atoms with van der Waals surface area (Å²) in [5, 5.41) is 10.3. The lowest BCUT2D eigenvalue weighted by molar-refractivity contribution is 0.656. The molecule has 5 heterocycles. The second kappa shape index (κ2) is 6.23. The first-order valence-corrected chi connectivity index (χ1v) is 13.5. The summed E-state index contributed by atoms with van der Waals surface area (Å²) in [5.41, 5.74) is 11.6. The van der Waals surface area contributed by atoms with Gasteiger partial charge in [-0.15, -0.1) is 0 Å². The van der Waals surface area contributed by atoms with Crippen LogP contribution in [0.15, 0.2) is 93.8 Å². The van der Waals surface area contributed by atoms with Crippen LogP contribution in [0.5, 0.6) is 0 Å². The van der Waals surface area contributed by atoms with Gasteiger partial charge in [0.1, 0.15) is 22.3 Å². The molecular formula is C34H20BNO2. The third-order valence-electron chi connectivity index (χ3n) is 8.93. The Kier molecular flexibility index (Phi) is 3.18. The highest BCUT2D eigenvalue weighted by Gasteiger charge is 2.45. The van der Waals surface area contributed by atoms with E-state index in [1.807, 2.05) is 13.8 Å². The lowest BCUT2D eigenvalue weighted by atomic mass is 9.31. The standard InChI is InChI=1S/C32H14BNO2.C2H6/c1-2-4-17(5-3-1)34-18-10-6-15-8-12-20-26-24(15)30(18)33-31-19(34)11-7-16-9-13-21-27(25(16)31)29-23(36-21)14-22(35-20)28(26)32(29)33;1-2/h1-14H;1-2H3. The van der Waals surface area contributed by atoms with Crippen LogP contribution in [0.2, 0.25) is 0 Å². The molecule has 8 aromatic rings. The van der Waals surface area contributed by atoms with E-state index in [1.165, 1.54) is 76.5 Å². The largest absolute Gasteiger partial charge is 0.456 e. The van der Waals surface area contributed by atoms with E-state index in [2.05, 4.69) is 89.8 Å². The SMILES string of the molecule is CC.c1ccc(N2c3ccc4ccc5oc6cc7oc8ccc9ccc2c2c9c8c7c7c6c5c4c3B27)cc1. The van der Waals surface area contributed by atoms with Crippen LogP contribution >= 0.6 is 0 Å². The molecule has 0 atom stereocenters. The van der Waals surface area contributed by atoms with Gasteiger partial charge in [0.25, 0.3) is 0 Å². The molecule has 0 saturated heterocycles. The molecule has 0 radical (unpaired) electrons. The van der Waals surface area contributed by atoms with Crippen molar-refractivity contribution in [2.75, 3.05) is 4.90 Å². The lowest BCUT2D eigenvalue weighted by Crippen LogP contribution is -2.60. The zero-order valence-corrected chi connectivity index (χ0v) is 20.9. The Balaban J connectivity index is 0.000000984. The first-order valence-electron chi connectivity index (χ1n) is 13.5. The van der Waals surface area contributed by atoms with Crippen LogP contribution in [0.4, 0.5) is 17.1 Å². The fourth-order valence-corrected chi connectivity index (χ4v) is 7.75. The monoisotopic (exact) mass is 485 g/mol. The number of hydrogen-bond donors (Lipinski definition) is 0. The molecule has 0 aliphatic carbocycles. The van der Waals surface area contributed by atoms with Crippen molar-refractivity contribution in [1.29, 1.82) is 0 Å².